The molecular weight excluding hydrogens is 172 g/mol. The van der Waals surface area contributed by atoms with E-state index in [1.807, 2.05) is 0 Å². The minimum Gasteiger partial charge on any atom is -0.396 e. The Labute approximate surface area is 85.8 Å². The van der Waals surface area contributed by atoms with Crippen LogP contribution in [0.1, 0.15) is 30.4 Å². The average molecular weight is 190 g/mol. The molecule has 0 saturated heterocycles. The molecule has 2 rings (SSSR count). The second-order valence-electron chi connectivity index (χ2n) is 4.68. The van der Waals surface area contributed by atoms with Crippen molar-refractivity contribution in [2.75, 3.05) is 6.61 Å². The van der Waals surface area contributed by atoms with Crippen molar-refractivity contribution < 1.29 is 5.11 Å². The highest BCUT2D eigenvalue weighted by Crippen LogP contribution is 2.43. The van der Waals surface area contributed by atoms with Crippen molar-refractivity contribution in [1.82, 2.24) is 0 Å². The van der Waals surface area contributed by atoms with E-state index in [0.29, 0.717) is 6.61 Å². The second-order valence-corrected chi connectivity index (χ2v) is 4.68. The summed E-state index contributed by atoms with van der Waals surface area (Å²) in [6.45, 7) is 2.47. The Morgan fingerprint density at radius 2 is 2.14 bits per heavy atom. The lowest BCUT2D eigenvalue weighted by Gasteiger charge is -2.40. The third-order valence-corrected chi connectivity index (χ3v) is 3.41. The Morgan fingerprint density at radius 3 is 2.64 bits per heavy atom. The maximum atomic E-state index is 9.37. The first-order valence-electron chi connectivity index (χ1n) is 5.41. The van der Waals surface area contributed by atoms with E-state index in [1.165, 1.54) is 30.4 Å². The van der Waals surface area contributed by atoms with Gasteiger partial charge in [-0.3, -0.25) is 0 Å². The Hall–Kier alpha value is -0.820. The fourth-order valence-electron chi connectivity index (χ4n) is 2.32. The Bertz CT molecular complexity index is 307. The van der Waals surface area contributed by atoms with E-state index in [4.69, 9.17) is 0 Å². The smallest absolute Gasteiger partial charge is 0.0490 e. The van der Waals surface area contributed by atoms with Gasteiger partial charge in [-0.05, 0) is 37.2 Å². The summed E-state index contributed by atoms with van der Waals surface area (Å²) in [4.78, 5) is 0. The largest absolute Gasteiger partial charge is 0.396 e. The third-order valence-electron chi connectivity index (χ3n) is 3.41. The van der Waals surface area contributed by atoms with Crippen LogP contribution < -0.4 is 0 Å². The maximum absolute atomic E-state index is 9.37. The maximum Gasteiger partial charge on any atom is 0.0490 e. The summed E-state index contributed by atoms with van der Waals surface area (Å²) in [5, 5.41) is 9.37. The van der Waals surface area contributed by atoms with E-state index < -0.39 is 0 Å². The van der Waals surface area contributed by atoms with Crippen LogP contribution in [0, 0.1) is 12.3 Å². The molecule has 1 nitrogen and oxygen atoms in total. The minimum absolute atomic E-state index is 0.216. The molecule has 1 N–H and O–H groups in total. The molecule has 0 unspecified atom stereocenters. The average Bonchev–Trinajstić information content (AvgIpc) is 2.11. The quantitative estimate of drug-likeness (QED) is 0.777. The number of aliphatic hydroxyl groups is 1. The minimum atomic E-state index is 0.216. The molecule has 76 valence electrons. The molecule has 0 spiro atoms. The van der Waals surface area contributed by atoms with Crippen LogP contribution >= 0.6 is 0 Å². The van der Waals surface area contributed by atoms with Gasteiger partial charge in [0.1, 0.15) is 0 Å². The summed E-state index contributed by atoms with van der Waals surface area (Å²) in [6.07, 6.45) is 4.71. The van der Waals surface area contributed by atoms with Gasteiger partial charge in [0.05, 0.1) is 0 Å². The Balaban J connectivity index is 2.09. The molecule has 1 heteroatoms. The standard InChI is InChI=1S/C13H18O/c1-11-4-2-5-12(8-11)9-13(10-14)6-3-7-13/h2,4-5,8,14H,3,6-7,9-10H2,1H3. The van der Waals surface area contributed by atoms with Gasteiger partial charge in [-0.15, -0.1) is 0 Å². The molecule has 1 aliphatic rings. The number of aryl methyl sites for hydroxylation is 1. The van der Waals surface area contributed by atoms with E-state index in [1.54, 1.807) is 0 Å². The van der Waals surface area contributed by atoms with Crippen molar-refractivity contribution in [3.63, 3.8) is 0 Å². The highest BCUT2D eigenvalue weighted by atomic mass is 16.3. The number of hydrogen-bond acceptors (Lipinski definition) is 1. The summed E-state index contributed by atoms with van der Waals surface area (Å²) in [6, 6.07) is 8.63. The summed E-state index contributed by atoms with van der Waals surface area (Å²) in [5.74, 6) is 0. The fraction of sp³-hybridized carbons (Fsp3) is 0.538. The van der Waals surface area contributed by atoms with Gasteiger partial charge < -0.3 is 5.11 Å². The van der Waals surface area contributed by atoms with Crippen molar-refractivity contribution >= 4 is 0 Å². The predicted molar refractivity (Wildman–Crippen MR) is 58.3 cm³/mol. The molecule has 0 bridgehead atoms. The van der Waals surface area contributed by atoms with E-state index in [2.05, 4.69) is 31.2 Å². The molecule has 1 fully saturated rings. The first-order chi connectivity index (χ1) is 6.74. The molecular formula is C13H18O. The van der Waals surface area contributed by atoms with E-state index >= 15 is 0 Å². The molecule has 1 aliphatic carbocycles. The van der Waals surface area contributed by atoms with Crippen LogP contribution in [0.5, 0.6) is 0 Å². The monoisotopic (exact) mass is 190 g/mol. The van der Waals surface area contributed by atoms with E-state index in [0.717, 1.165) is 6.42 Å². The summed E-state index contributed by atoms with van der Waals surface area (Å²) < 4.78 is 0. The summed E-state index contributed by atoms with van der Waals surface area (Å²) >= 11 is 0. The highest BCUT2D eigenvalue weighted by Gasteiger charge is 2.36. The molecule has 0 heterocycles. The zero-order valence-electron chi connectivity index (χ0n) is 8.79. The normalized spacial score (nSPS) is 19.0. The fourth-order valence-corrected chi connectivity index (χ4v) is 2.32. The van der Waals surface area contributed by atoms with Crippen LogP contribution in [0.15, 0.2) is 24.3 Å². The molecule has 14 heavy (non-hydrogen) atoms. The molecule has 1 aromatic rings. The molecule has 1 aromatic carbocycles. The summed E-state index contributed by atoms with van der Waals surface area (Å²) in [5.41, 5.74) is 2.90. The first-order valence-corrected chi connectivity index (χ1v) is 5.41. The van der Waals surface area contributed by atoms with Crippen LogP contribution in [0.2, 0.25) is 0 Å². The molecule has 0 amide bonds. The zero-order valence-corrected chi connectivity index (χ0v) is 8.79. The zero-order chi connectivity index (χ0) is 10.0. The lowest BCUT2D eigenvalue weighted by molar-refractivity contribution is 0.0450. The van der Waals surface area contributed by atoms with Gasteiger partial charge in [-0.1, -0.05) is 36.2 Å². The van der Waals surface area contributed by atoms with Crippen LogP contribution in [-0.4, -0.2) is 11.7 Å². The van der Waals surface area contributed by atoms with Crippen LogP contribution in [0.4, 0.5) is 0 Å². The van der Waals surface area contributed by atoms with Crippen LogP contribution in [0.25, 0.3) is 0 Å². The van der Waals surface area contributed by atoms with Gasteiger partial charge >= 0.3 is 0 Å². The number of aliphatic hydroxyl groups excluding tert-OH is 1. The lowest BCUT2D eigenvalue weighted by atomic mass is 9.66. The van der Waals surface area contributed by atoms with E-state index in [9.17, 15) is 5.11 Å². The van der Waals surface area contributed by atoms with Gasteiger partial charge in [0.2, 0.25) is 0 Å². The van der Waals surface area contributed by atoms with Crippen LogP contribution in [-0.2, 0) is 6.42 Å². The molecule has 0 aliphatic heterocycles. The highest BCUT2D eigenvalue weighted by molar-refractivity contribution is 5.23. The van der Waals surface area contributed by atoms with Crippen molar-refractivity contribution in [1.29, 1.82) is 0 Å². The number of benzene rings is 1. The van der Waals surface area contributed by atoms with E-state index in [-0.39, 0.29) is 5.41 Å². The number of hydrogen-bond donors (Lipinski definition) is 1. The Kier molecular flexibility index (Phi) is 2.60. The predicted octanol–water partition coefficient (Wildman–Crippen LogP) is 2.70. The lowest BCUT2D eigenvalue weighted by Crippen LogP contribution is -2.35. The van der Waals surface area contributed by atoms with Crippen molar-refractivity contribution in [2.45, 2.75) is 32.6 Å². The van der Waals surface area contributed by atoms with Gasteiger partial charge in [-0.2, -0.15) is 0 Å². The van der Waals surface area contributed by atoms with Gasteiger partial charge in [0.25, 0.3) is 0 Å². The SMILES string of the molecule is Cc1cccc(CC2(CO)CCC2)c1. The molecule has 0 atom stereocenters. The third kappa shape index (κ3) is 1.83. The first kappa shape index (κ1) is 9.72. The molecule has 0 radical (unpaired) electrons. The summed E-state index contributed by atoms with van der Waals surface area (Å²) in [7, 11) is 0. The van der Waals surface area contributed by atoms with Gasteiger partial charge in [0, 0.05) is 6.61 Å². The van der Waals surface area contributed by atoms with Crippen molar-refractivity contribution in [3.8, 4) is 0 Å². The Morgan fingerprint density at radius 1 is 1.36 bits per heavy atom. The van der Waals surface area contributed by atoms with Gasteiger partial charge in [-0.25, -0.2) is 0 Å². The second kappa shape index (κ2) is 3.74. The topological polar surface area (TPSA) is 20.2 Å². The van der Waals surface area contributed by atoms with Crippen molar-refractivity contribution in [2.24, 2.45) is 5.41 Å². The van der Waals surface area contributed by atoms with Crippen LogP contribution in [0.3, 0.4) is 0 Å². The molecule has 0 aromatic heterocycles. The number of rotatable bonds is 3. The molecule has 1 saturated carbocycles. The van der Waals surface area contributed by atoms with Gasteiger partial charge in [0.15, 0.2) is 0 Å². The van der Waals surface area contributed by atoms with Crippen molar-refractivity contribution in [3.05, 3.63) is 35.4 Å².